The molecular formula is C20H15ClN4O3. The Morgan fingerprint density at radius 3 is 2.75 bits per heavy atom. The predicted octanol–water partition coefficient (Wildman–Crippen LogP) is 3.72. The summed E-state index contributed by atoms with van der Waals surface area (Å²) < 4.78 is 5.28. The van der Waals surface area contributed by atoms with Crippen molar-refractivity contribution in [2.45, 2.75) is 6.10 Å². The minimum Gasteiger partial charge on any atom is -0.466 e. The molecule has 0 spiro atoms. The van der Waals surface area contributed by atoms with Crippen molar-refractivity contribution in [1.82, 2.24) is 9.97 Å². The largest absolute Gasteiger partial charge is 0.466 e. The van der Waals surface area contributed by atoms with E-state index >= 15 is 0 Å². The third-order valence-electron chi connectivity index (χ3n) is 4.05. The molecule has 8 heteroatoms. The molecule has 1 atom stereocenters. The van der Waals surface area contributed by atoms with Gasteiger partial charge in [-0.05, 0) is 42.5 Å². The Kier molecular flexibility index (Phi) is 4.92. The van der Waals surface area contributed by atoms with Crippen LogP contribution < -0.4 is 11.0 Å². The van der Waals surface area contributed by atoms with Gasteiger partial charge in [-0.15, -0.1) is 0 Å². The van der Waals surface area contributed by atoms with E-state index in [4.69, 9.17) is 16.0 Å². The standard InChI is InChI=1S/C20H15ClN4O3/c21-12-8-9-14-15(11-12)23-20(27)18(22-14)17(19(26)16-7-4-10-28-16)25-24-13-5-2-1-3-6-13/h1-11,19,24,26H,(H,23,27)/b25-17+. The van der Waals surface area contributed by atoms with Gasteiger partial charge in [0, 0.05) is 5.02 Å². The summed E-state index contributed by atoms with van der Waals surface area (Å²) in [6.45, 7) is 0. The molecule has 7 nitrogen and oxygen atoms in total. The molecule has 3 N–H and O–H groups in total. The van der Waals surface area contributed by atoms with Crippen molar-refractivity contribution in [1.29, 1.82) is 0 Å². The molecule has 0 saturated heterocycles. The molecule has 0 amide bonds. The number of rotatable bonds is 5. The van der Waals surface area contributed by atoms with Crippen LogP contribution >= 0.6 is 11.6 Å². The average Bonchev–Trinajstić information content (AvgIpc) is 3.24. The van der Waals surface area contributed by atoms with Gasteiger partial charge in [-0.2, -0.15) is 5.10 Å². The highest BCUT2D eigenvalue weighted by atomic mass is 35.5. The van der Waals surface area contributed by atoms with Gasteiger partial charge in [0.05, 0.1) is 23.0 Å². The molecule has 0 aliphatic carbocycles. The summed E-state index contributed by atoms with van der Waals surface area (Å²) in [5.41, 5.74) is 4.03. The number of benzene rings is 2. The first-order chi connectivity index (χ1) is 13.6. The second-order valence-electron chi connectivity index (χ2n) is 5.97. The van der Waals surface area contributed by atoms with Crippen LogP contribution in [0.2, 0.25) is 5.02 Å². The van der Waals surface area contributed by atoms with Gasteiger partial charge in [0.15, 0.2) is 11.8 Å². The highest BCUT2D eigenvalue weighted by Gasteiger charge is 2.24. The molecule has 0 saturated carbocycles. The molecule has 2 aromatic heterocycles. The molecule has 4 aromatic rings. The number of nitrogens with zero attached hydrogens (tertiary/aromatic N) is 2. The van der Waals surface area contributed by atoms with Crippen LogP contribution in [0.4, 0.5) is 5.69 Å². The van der Waals surface area contributed by atoms with Crippen LogP contribution in [0.25, 0.3) is 11.0 Å². The van der Waals surface area contributed by atoms with Gasteiger partial charge in [-0.25, -0.2) is 4.98 Å². The quantitative estimate of drug-likeness (QED) is 0.353. The predicted molar refractivity (Wildman–Crippen MR) is 108 cm³/mol. The van der Waals surface area contributed by atoms with Crippen molar-refractivity contribution < 1.29 is 9.52 Å². The van der Waals surface area contributed by atoms with Gasteiger partial charge >= 0.3 is 0 Å². The van der Waals surface area contributed by atoms with Gasteiger partial charge in [-0.1, -0.05) is 29.8 Å². The molecule has 28 heavy (non-hydrogen) atoms. The zero-order valence-electron chi connectivity index (χ0n) is 14.5. The van der Waals surface area contributed by atoms with Crippen molar-refractivity contribution >= 4 is 34.0 Å². The average molecular weight is 395 g/mol. The maximum absolute atomic E-state index is 12.7. The summed E-state index contributed by atoms with van der Waals surface area (Å²) in [5.74, 6) is 0.242. The Morgan fingerprint density at radius 2 is 2.00 bits per heavy atom. The van der Waals surface area contributed by atoms with Crippen molar-refractivity contribution in [3.63, 3.8) is 0 Å². The number of fused-ring (bicyclic) bond motifs is 1. The number of aromatic amines is 1. The lowest BCUT2D eigenvalue weighted by Gasteiger charge is -2.12. The molecule has 2 heterocycles. The van der Waals surface area contributed by atoms with Gasteiger partial charge in [-0.3, -0.25) is 10.2 Å². The van der Waals surface area contributed by atoms with Crippen LogP contribution in [-0.2, 0) is 0 Å². The number of hydrogen-bond donors (Lipinski definition) is 3. The first-order valence-corrected chi connectivity index (χ1v) is 8.79. The molecule has 1 unspecified atom stereocenters. The second kappa shape index (κ2) is 7.67. The number of para-hydroxylation sites is 1. The van der Waals surface area contributed by atoms with Crippen LogP contribution in [0.15, 0.2) is 81.2 Å². The number of furan rings is 1. The SMILES string of the molecule is O=c1[nH]c2cc(Cl)ccc2nc1/C(=N\Nc1ccccc1)C(O)c1ccco1. The van der Waals surface area contributed by atoms with Gasteiger partial charge in [0.25, 0.3) is 5.56 Å². The van der Waals surface area contributed by atoms with Crippen LogP contribution in [0, 0.1) is 0 Å². The van der Waals surface area contributed by atoms with Crippen LogP contribution in [-0.4, -0.2) is 20.8 Å². The van der Waals surface area contributed by atoms with E-state index < -0.39 is 11.7 Å². The smallest absolute Gasteiger partial charge is 0.276 e. The maximum Gasteiger partial charge on any atom is 0.276 e. The van der Waals surface area contributed by atoms with E-state index in [-0.39, 0.29) is 17.2 Å². The van der Waals surface area contributed by atoms with E-state index in [0.717, 1.165) is 0 Å². The molecule has 0 bridgehead atoms. The van der Waals surface area contributed by atoms with E-state index in [2.05, 4.69) is 20.5 Å². The minimum absolute atomic E-state index is 0.0249. The van der Waals surface area contributed by atoms with E-state index in [1.54, 1.807) is 42.5 Å². The number of aliphatic hydroxyl groups excluding tert-OH is 1. The highest BCUT2D eigenvalue weighted by Crippen LogP contribution is 2.20. The molecule has 0 aliphatic rings. The fourth-order valence-electron chi connectivity index (χ4n) is 2.69. The number of nitrogens with one attached hydrogen (secondary N) is 2. The van der Waals surface area contributed by atoms with Crippen molar-refractivity contribution in [3.8, 4) is 0 Å². The van der Waals surface area contributed by atoms with Crippen molar-refractivity contribution in [2.24, 2.45) is 5.10 Å². The lowest BCUT2D eigenvalue weighted by Crippen LogP contribution is -2.26. The summed E-state index contributed by atoms with van der Waals surface area (Å²) >= 11 is 5.97. The number of halogens is 1. The number of aliphatic hydroxyl groups is 1. The fourth-order valence-corrected chi connectivity index (χ4v) is 2.87. The Labute approximate surface area is 164 Å². The molecule has 0 radical (unpaired) electrons. The zero-order valence-corrected chi connectivity index (χ0v) is 15.2. The monoisotopic (exact) mass is 394 g/mol. The summed E-state index contributed by atoms with van der Waals surface area (Å²) in [7, 11) is 0. The Hall–Kier alpha value is -3.42. The number of hydrazone groups is 1. The van der Waals surface area contributed by atoms with Gasteiger partial charge < -0.3 is 14.5 Å². The first kappa shape index (κ1) is 18.0. The molecule has 4 rings (SSSR count). The number of H-pyrrole nitrogens is 1. The van der Waals surface area contributed by atoms with E-state index in [1.165, 1.54) is 6.26 Å². The Morgan fingerprint density at radius 1 is 1.18 bits per heavy atom. The topological polar surface area (TPSA) is 104 Å². The third kappa shape index (κ3) is 3.66. The molecule has 2 aromatic carbocycles. The molecule has 0 fully saturated rings. The summed E-state index contributed by atoms with van der Waals surface area (Å²) in [4.78, 5) is 19.8. The fraction of sp³-hybridized carbons (Fsp3) is 0.0500. The molecule has 140 valence electrons. The minimum atomic E-state index is -1.29. The number of aromatic nitrogens is 2. The zero-order chi connectivity index (χ0) is 19.5. The number of anilines is 1. The van der Waals surface area contributed by atoms with Crippen molar-refractivity contribution in [3.05, 3.63) is 93.8 Å². The summed E-state index contributed by atoms with van der Waals surface area (Å²) in [6, 6.07) is 17.3. The third-order valence-corrected chi connectivity index (χ3v) is 4.28. The summed E-state index contributed by atoms with van der Waals surface area (Å²) in [5, 5.41) is 15.5. The van der Waals surface area contributed by atoms with Gasteiger partial charge in [0.2, 0.25) is 0 Å². The van der Waals surface area contributed by atoms with Crippen LogP contribution in [0.1, 0.15) is 17.6 Å². The normalized spacial score (nSPS) is 12.9. The lowest BCUT2D eigenvalue weighted by molar-refractivity contribution is 0.215. The van der Waals surface area contributed by atoms with E-state index in [9.17, 15) is 9.90 Å². The first-order valence-electron chi connectivity index (χ1n) is 8.42. The molecule has 0 aliphatic heterocycles. The van der Waals surface area contributed by atoms with E-state index in [1.807, 2.05) is 18.2 Å². The van der Waals surface area contributed by atoms with Crippen molar-refractivity contribution in [2.75, 3.05) is 5.43 Å². The highest BCUT2D eigenvalue weighted by molar-refractivity contribution is 6.31. The maximum atomic E-state index is 12.7. The Bertz CT molecular complexity index is 1190. The van der Waals surface area contributed by atoms with Gasteiger partial charge in [0.1, 0.15) is 11.5 Å². The van der Waals surface area contributed by atoms with Crippen LogP contribution in [0.3, 0.4) is 0 Å². The second-order valence-corrected chi connectivity index (χ2v) is 6.41. The number of hydrogen-bond acceptors (Lipinski definition) is 6. The van der Waals surface area contributed by atoms with Crippen LogP contribution in [0.5, 0.6) is 0 Å². The van der Waals surface area contributed by atoms with E-state index in [0.29, 0.717) is 21.7 Å². The Balaban J connectivity index is 1.83. The summed E-state index contributed by atoms with van der Waals surface area (Å²) in [6.07, 6.45) is 0.144. The lowest BCUT2D eigenvalue weighted by atomic mass is 10.1. The molecular weight excluding hydrogens is 380 g/mol.